The van der Waals surface area contributed by atoms with Gasteiger partial charge in [0.1, 0.15) is 12.4 Å². The zero-order valence-corrected chi connectivity index (χ0v) is 15.1. The lowest BCUT2D eigenvalue weighted by molar-refractivity contribution is 0.290. The van der Waals surface area contributed by atoms with Crippen LogP contribution in [0.15, 0.2) is 53.7 Å². The molecule has 0 N–H and O–H groups in total. The number of hydrogen-bond donors (Lipinski definition) is 0. The number of nitrogens with zero attached hydrogens (tertiary/aromatic N) is 4. The number of hydrogen-bond acceptors (Lipinski definition) is 5. The summed E-state index contributed by atoms with van der Waals surface area (Å²) in [6.45, 7) is 0.329. The topological polar surface area (TPSA) is 63.7 Å². The molecule has 1 heterocycles. The van der Waals surface area contributed by atoms with Crippen molar-refractivity contribution < 1.29 is 4.74 Å². The van der Waals surface area contributed by atoms with Gasteiger partial charge in [-0.05, 0) is 42.0 Å². The van der Waals surface area contributed by atoms with Gasteiger partial charge in [0.25, 0.3) is 0 Å². The summed E-state index contributed by atoms with van der Waals surface area (Å²) in [5.74, 6) is 2.19. The Kier molecular flexibility index (Phi) is 5.59. The second-order valence-corrected chi connectivity index (χ2v) is 6.68. The fourth-order valence-electron chi connectivity index (χ4n) is 2.15. The molecule has 0 aliphatic heterocycles. The Balaban J connectivity index is 1.60. The maximum atomic E-state index is 8.96. The molecule has 0 spiro atoms. The molecule has 0 saturated heterocycles. The lowest BCUT2D eigenvalue weighted by atomic mass is 10.2. The average Bonchev–Trinajstić information content (AvgIpc) is 2.99. The first-order valence-electron chi connectivity index (χ1n) is 7.54. The van der Waals surface area contributed by atoms with Gasteiger partial charge in [0.2, 0.25) is 0 Å². The second kappa shape index (κ2) is 8.06. The monoisotopic (exact) mass is 370 g/mol. The Labute approximate surface area is 155 Å². The summed E-state index contributed by atoms with van der Waals surface area (Å²) in [5.41, 5.74) is 1.74. The summed E-state index contributed by atoms with van der Waals surface area (Å²) in [6.07, 6.45) is 0. The molecular formula is C18H15ClN4OS. The Bertz CT molecular complexity index is 902. The number of benzene rings is 2. The molecule has 0 radical (unpaired) electrons. The third kappa shape index (κ3) is 4.53. The van der Waals surface area contributed by atoms with Crippen LogP contribution in [0.25, 0.3) is 0 Å². The van der Waals surface area contributed by atoms with Crippen LogP contribution in [0.4, 0.5) is 0 Å². The van der Waals surface area contributed by atoms with Gasteiger partial charge in [0.15, 0.2) is 11.0 Å². The van der Waals surface area contributed by atoms with Crippen molar-refractivity contribution in [3.05, 3.63) is 70.5 Å². The third-order valence-electron chi connectivity index (χ3n) is 3.53. The van der Waals surface area contributed by atoms with E-state index in [1.807, 2.05) is 41.9 Å². The van der Waals surface area contributed by atoms with Gasteiger partial charge >= 0.3 is 0 Å². The first kappa shape index (κ1) is 17.3. The first-order valence-corrected chi connectivity index (χ1v) is 8.90. The molecule has 3 rings (SSSR count). The molecule has 126 valence electrons. The summed E-state index contributed by atoms with van der Waals surface area (Å²) in [5, 5.41) is 18.8. The highest BCUT2D eigenvalue weighted by atomic mass is 35.5. The van der Waals surface area contributed by atoms with Crippen LogP contribution in [0.1, 0.15) is 17.0 Å². The molecule has 0 unspecified atom stereocenters. The van der Waals surface area contributed by atoms with Gasteiger partial charge in [0, 0.05) is 17.8 Å². The maximum Gasteiger partial charge on any atom is 0.191 e. The van der Waals surface area contributed by atoms with Crippen LogP contribution in [0.3, 0.4) is 0 Å². The number of thioether (sulfide) groups is 1. The van der Waals surface area contributed by atoms with Gasteiger partial charge < -0.3 is 9.30 Å². The van der Waals surface area contributed by atoms with Crippen LogP contribution >= 0.6 is 23.4 Å². The van der Waals surface area contributed by atoms with Crippen molar-refractivity contribution in [2.24, 2.45) is 7.05 Å². The predicted molar refractivity (Wildman–Crippen MR) is 97.5 cm³/mol. The third-order valence-corrected chi connectivity index (χ3v) is 4.87. The summed E-state index contributed by atoms with van der Waals surface area (Å²) >= 11 is 7.43. The quantitative estimate of drug-likeness (QED) is 0.608. The average molecular weight is 371 g/mol. The van der Waals surface area contributed by atoms with Crippen molar-refractivity contribution in [2.75, 3.05) is 0 Å². The van der Waals surface area contributed by atoms with Crippen LogP contribution in [-0.2, 0) is 19.4 Å². The van der Waals surface area contributed by atoms with Crippen molar-refractivity contribution in [1.29, 1.82) is 5.26 Å². The summed E-state index contributed by atoms with van der Waals surface area (Å²) in [4.78, 5) is 0. The molecule has 5 nitrogen and oxygen atoms in total. The molecule has 0 bridgehead atoms. The molecule has 0 atom stereocenters. The molecule has 0 fully saturated rings. The SMILES string of the molecule is Cn1c(COc2ccc(Cl)cc2)nnc1SCc1cccc(C#N)c1. The smallest absolute Gasteiger partial charge is 0.191 e. The molecule has 0 aliphatic carbocycles. The van der Waals surface area contributed by atoms with Crippen LogP contribution < -0.4 is 4.74 Å². The van der Waals surface area contributed by atoms with E-state index >= 15 is 0 Å². The number of aromatic nitrogens is 3. The van der Waals surface area contributed by atoms with Crippen molar-refractivity contribution in [3.8, 4) is 11.8 Å². The first-order chi connectivity index (χ1) is 12.2. The Morgan fingerprint density at radius 1 is 1.20 bits per heavy atom. The summed E-state index contributed by atoms with van der Waals surface area (Å²) in [6, 6.07) is 16.9. The molecule has 7 heteroatoms. The molecular weight excluding hydrogens is 356 g/mol. The van der Waals surface area contributed by atoms with E-state index in [0.29, 0.717) is 17.2 Å². The highest BCUT2D eigenvalue weighted by Gasteiger charge is 2.10. The van der Waals surface area contributed by atoms with E-state index in [1.54, 1.807) is 30.0 Å². The van der Waals surface area contributed by atoms with Gasteiger partial charge in [-0.25, -0.2) is 0 Å². The zero-order valence-electron chi connectivity index (χ0n) is 13.5. The largest absolute Gasteiger partial charge is 0.486 e. The fourth-order valence-corrected chi connectivity index (χ4v) is 3.15. The lowest BCUT2D eigenvalue weighted by Crippen LogP contribution is -2.04. The van der Waals surface area contributed by atoms with E-state index < -0.39 is 0 Å². The molecule has 0 saturated carbocycles. The standard InChI is InChI=1S/C18H15ClN4OS/c1-23-17(11-24-16-7-5-15(19)6-8-16)21-22-18(23)25-12-14-4-2-3-13(9-14)10-20/h2-9H,11-12H2,1H3. The van der Waals surface area contributed by atoms with E-state index in [2.05, 4.69) is 16.3 Å². The molecule has 25 heavy (non-hydrogen) atoms. The number of ether oxygens (including phenoxy) is 1. The Morgan fingerprint density at radius 2 is 2.00 bits per heavy atom. The molecule has 1 aromatic heterocycles. The van der Waals surface area contributed by atoms with Gasteiger partial charge in [-0.1, -0.05) is 35.5 Å². The summed E-state index contributed by atoms with van der Waals surface area (Å²) in [7, 11) is 1.91. The minimum atomic E-state index is 0.329. The Hall–Kier alpha value is -2.49. The van der Waals surface area contributed by atoms with Gasteiger partial charge in [0.05, 0.1) is 11.6 Å². The van der Waals surface area contributed by atoms with Crippen molar-refractivity contribution >= 4 is 23.4 Å². The highest BCUT2D eigenvalue weighted by Crippen LogP contribution is 2.22. The van der Waals surface area contributed by atoms with Crippen molar-refractivity contribution in [1.82, 2.24) is 14.8 Å². The van der Waals surface area contributed by atoms with E-state index in [-0.39, 0.29) is 0 Å². The number of nitriles is 1. The second-order valence-electron chi connectivity index (χ2n) is 5.30. The van der Waals surface area contributed by atoms with E-state index in [4.69, 9.17) is 21.6 Å². The van der Waals surface area contributed by atoms with Gasteiger partial charge in [-0.2, -0.15) is 5.26 Å². The minimum Gasteiger partial charge on any atom is -0.486 e. The molecule has 2 aromatic carbocycles. The highest BCUT2D eigenvalue weighted by molar-refractivity contribution is 7.98. The molecule has 3 aromatic rings. The van der Waals surface area contributed by atoms with Crippen molar-refractivity contribution in [3.63, 3.8) is 0 Å². The van der Waals surface area contributed by atoms with Gasteiger partial charge in [-0.15, -0.1) is 10.2 Å². The number of halogens is 1. The van der Waals surface area contributed by atoms with Crippen molar-refractivity contribution in [2.45, 2.75) is 17.5 Å². The summed E-state index contributed by atoms with van der Waals surface area (Å²) < 4.78 is 7.62. The number of rotatable bonds is 6. The Morgan fingerprint density at radius 3 is 2.76 bits per heavy atom. The predicted octanol–water partition coefficient (Wildman–Crippen LogP) is 4.21. The van der Waals surface area contributed by atoms with Crippen LogP contribution in [-0.4, -0.2) is 14.8 Å². The van der Waals surface area contributed by atoms with Crippen LogP contribution in [0.5, 0.6) is 5.75 Å². The molecule has 0 aliphatic rings. The van der Waals surface area contributed by atoms with Crippen LogP contribution in [0.2, 0.25) is 5.02 Å². The maximum absolute atomic E-state index is 8.96. The molecule has 0 amide bonds. The van der Waals surface area contributed by atoms with Crippen LogP contribution in [0, 0.1) is 11.3 Å². The lowest BCUT2D eigenvalue weighted by Gasteiger charge is -2.07. The fraction of sp³-hybridized carbons (Fsp3) is 0.167. The van der Waals surface area contributed by atoms with E-state index in [1.165, 1.54) is 0 Å². The zero-order chi connectivity index (χ0) is 17.6. The van der Waals surface area contributed by atoms with Gasteiger partial charge in [-0.3, -0.25) is 0 Å². The van der Waals surface area contributed by atoms with E-state index in [9.17, 15) is 0 Å². The normalized spacial score (nSPS) is 10.4. The van der Waals surface area contributed by atoms with E-state index in [0.717, 1.165) is 28.0 Å². The minimum absolute atomic E-state index is 0.329.